The van der Waals surface area contributed by atoms with Gasteiger partial charge in [0.05, 0.1) is 52.2 Å². The number of rotatable bonds is 7. The zero-order valence-corrected chi connectivity index (χ0v) is 34.4. The van der Waals surface area contributed by atoms with E-state index < -0.39 is 106 Å². The van der Waals surface area contributed by atoms with Crippen molar-refractivity contribution >= 4 is 50.6 Å². The van der Waals surface area contributed by atoms with E-state index in [0.717, 1.165) is 38.8 Å². The van der Waals surface area contributed by atoms with Gasteiger partial charge in [-0.2, -0.15) is 0 Å². The molecule has 296 valence electrons. The quantitative estimate of drug-likeness (QED) is 0.151. The van der Waals surface area contributed by atoms with E-state index in [2.05, 4.69) is 63.2 Å². The van der Waals surface area contributed by atoms with Gasteiger partial charge < -0.3 is 4.74 Å². The fourth-order valence-electron chi connectivity index (χ4n) is 7.66. The molecule has 0 saturated heterocycles. The number of nitrogens with zero attached hydrogens (tertiary/aromatic N) is 5. The summed E-state index contributed by atoms with van der Waals surface area (Å²) in [6, 6.07) is 18.6. The van der Waals surface area contributed by atoms with Crippen LogP contribution in [0.15, 0.2) is 176 Å². The Kier molecular flexibility index (Phi) is 6.25. The number of benzene rings is 6. The van der Waals surface area contributed by atoms with Crippen LogP contribution in [0.2, 0.25) is 0 Å². The van der Waals surface area contributed by atoms with Crippen molar-refractivity contribution in [3.8, 4) is 39.6 Å². The van der Waals surface area contributed by atoms with E-state index in [1.54, 1.807) is 35.0 Å². The van der Waals surface area contributed by atoms with Crippen LogP contribution in [0.1, 0.15) is 70.5 Å². The molecule has 0 atom stereocenters. The summed E-state index contributed by atoms with van der Waals surface area (Å²) in [6.45, 7) is 12.6. The summed E-state index contributed by atoms with van der Waals surface area (Å²) in [7, 11) is 0. The second-order valence-corrected chi connectivity index (χ2v) is 16.9. The van der Waals surface area contributed by atoms with Crippen molar-refractivity contribution in [1.82, 2.24) is 23.7 Å². The Morgan fingerprint density at radius 1 is 0.590 bits per heavy atom. The molecule has 0 saturated carbocycles. The molecule has 0 N–H and O–H groups in total. The average molecular weight is 807 g/mol. The highest BCUT2D eigenvalue weighted by Crippen LogP contribution is 2.45. The third-order valence-electron chi connectivity index (χ3n) is 10.8. The lowest BCUT2D eigenvalue weighted by Crippen LogP contribution is -2.12. The Morgan fingerprint density at radius 2 is 1.25 bits per heavy atom. The molecule has 6 heteroatoms. The molecule has 4 heterocycles. The van der Waals surface area contributed by atoms with E-state index in [1.807, 2.05) is 60.9 Å². The first kappa shape index (κ1) is 25.9. The van der Waals surface area contributed by atoms with Gasteiger partial charge in [-0.3, -0.25) is 9.55 Å². The molecule has 1 aliphatic heterocycles. The molecule has 61 heavy (non-hydrogen) atoms. The molecule has 6 aromatic carbocycles. The van der Waals surface area contributed by atoms with Crippen molar-refractivity contribution in [3.05, 3.63) is 187 Å². The van der Waals surface area contributed by atoms with Gasteiger partial charge in [0.15, 0.2) is 0 Å². The molecule has 0 unspecified atom stereocenters. The average Bonchev–Trinajstić information content (AvgIpc) is 3.92. The van der Waals surface area contributed by atoms with Crippen LogP contribution in [0.5, 0.6) is 11.5 Å². The molecule has 0 spiro atoms. The molecule has 0 amide bonds. The Labute approximate surface area is 375 Å². The number of aromatic nitrogens is 3. The summed E-state index contributed by atoms with van der Waals surface area (Å²) in [5.41, 5.74) is 2.36. The topological polar surface area (TPSA) is 46.0 Å². The molecule has 10 rings (SSSR count). The van der Waals surface area contributed by atoms with Crippen LogP contribution < -0.4 is 13.9 Å². The maximum Gasteiger partial charge on any atom is 0.503 e. The van der Waals surface area contributed by atoms with Crippen molar-refractivity contribution in [2.24, 2.45) is 0 Å². The molecule has 3 aromatic heterocycles. The number of pyridine rings is 2. The van der Waals surface area contributed by atoms with Gasteiger partial charge in [-0.05, 0) is 90.7 Å². The lowest BCUT2D eigenvalue weighted by molar-refractivity contribution is 0.479. The van der Waals surface area contributed by atoms with Gasteiger partial charge >= 0.3 is 6.01 Å². The van der Waals surface area contributed by atoms with Crippen LogP contribution in [0.25, 0.3) is 49.9 Å². The molecule has 0 bridgehead atoms. The van der Waals surface area contributed by atoms with Crippen LogP contribution in [0.3, 0.4) is 0 Å². The zero-order valence-electron chi connectivity index (χ0n) is 47.4. The molecule has 1 aliphatic rings. The SMILES string of the molecule is [2H]c1c([2H])c([2H])c(-c2c([2H])c([2H])c([2H])c(-c3c([2H])c([2H])c([2H])c([2H])c3[2H])c2[N+]2=C=[N+](c3cc(Oc4ccc5c6ccncc6n(-c6cc(C(C)(C)C)ccn6)c5c4)cc(C(C)(C)C)c3)c3ccccc32)c([2H])c1[2H]. The lowest BCUT2D eigenvalue weighted by Gasteiger charge is -2.20. The third kappa shape index (κ3) is 6.91. The Balaban J connectivity index is 1.25. The monoisotopic (exact) mass is 806 g/mol. The van der Waals surface area contributed by atoms with Gasteiger partial charge in [0.2, 0.25) is 11.4 Å². The number of hydrogen-bond acceptors (Lipinski definition) is 3. The fraction of sp³-hybridized carbons (Fsp3) is 0.145. The van der Waals surface area contributed by atoms with E-state index in [-0.39, 0.29) is 11.1 Å². The summed E-state index contributed by atoms with van der Waals surface area (Å²) in [6.07, 6.45) is 5.39. The largest absolute Gasteiger partial charge is 0.503 e. The third-order valence-corrected chi connectivity index (χ3v) is 10.8. The van der Waals surface area contributed by atoms with Crippen molar-refractivity contribution in [1.29, 1.82) is 0 Å². The predicted molar refractivity (Wildman–Crippen MR) is 252 cm³/mol. The van der Waals surface area contributed by atoms with E-state index >= 15 is 0 Å². The molecule has 9 aromatic rings. The van der Waals surface area contributed by atoms with Gasteiger partial charge in [-0.1, -0.05) is 120 Å². The zero-order chi connectivity index (χ0) is 53.2. The first-order valence-corrected chi connectivity index (χ1v) is 19.8. The molecule has 0 fully saturated rings. The van der Waals surface area contributed by atoms with Crippen molar-refractivity contribution in [3.63, 3.8) is 0 Å². The van der Waals surface area contributed by atoms with Crippen molar-refractivity contribution in [2.45, 2.75) is 52.4 Å². The van der Waals surface area contributed by atoms with Crippen LogP contribution in [-0.4, -0.2) is 20.5 Å². The Bertz CT molecular complexity index is 3840. The van der Waals surface area contributed by atoms with E-state index in [4.69, 9.17) is 24.8 Å². The van der Waals surface area contributed by atoms with Crippen LogP contribution in [-0.2, 0) is 10.8 Å². The number of fused-ring (bicyclic) bond motifs is 4. The van der Waals surface area contributed by atoms with E-state index in [9.17, 15) is 2.74 Å². The van der Waals surface area contributed by atoms with E-state index in [1.165, 1.54) is 4.58 Å². The summed E-state index contributed by atoms with van der Waals surface area (Å²) < 4.78 is 128. The second-order valence-electron chi connectivity index (χ2n) is 16.9. The highest BCUT2D eigenvalue weighted by Gasteiger charge is 2.39. The highest BCUT2D eigenvalue weighted by molar-refractivity contribution is 6.09. The van der Waals surface area contributed by atoms with Gasteiger partial charge in [-0.15, -0.1) is 0 Å². The lowest BCUT2D eigenvalue weighted by atomic mass is 9.86. The van der Waals surface area contributed by atoms with Crippen LogP contribution in [0, 0.1) is 0 Å². The smallest absolute Gasteiger partial charge is 0.457 e. The Hall–Kier alpha value is -7.40. The van der Waals surface area contributed by atoms with Gasteiger partial charge in [0, 0.05) is 47.4 Å². The van der Waals surface area contributed by atoms with E-state index in [0.29, 0.717) is 28.6 Å². The molecule has 0 radical (unpaired) electrons. The first-order chi connectivity index (χ1) is 34.9. The molecular weight excluding hydrogens is 747 g/mol. The summed E-state index contributed by atoms with van der Waals surface area (Å²) in [5.74, 6) is 1.68. The van der Waals surface area contributed by atoms with Crippen molar-refractivity contribution in [2.75, 3.05) is 0 Å². The summed E-state index contributed by atoms with van der Waals surface area (Å²) >= 11 is 0. The summed E-state index contributed by atoms with van der Waals surface area (Å²) in [4.78, 5) is 9.28. The number of hydrogen-bond donors (Lipinski definition) is 0. The van der Waals surface area contributed by atoms with Crippen LogP contribution in [0.4, 0.5) is 22.7 Å². The molecular formula is C55H47N5O+2. The molecule has 6 nitrogen and oxygen atoms in total. The van der Waals surface area contributed by atoms with Crippen molar-refractivity contribution < 1.29 is 22.6 Å². The van der Waals surface area contributed by atoms with Gasteiger partial charge in [0.25, 0.3) is 11.4 Å². The Morgan fingerprint density at radius 3 is 1.92 bits per heavy atom. The maximum atomic E-state index is 9.43. The highest BCUT2D eigenvalue weighted by atomic mass is 16.5. The predicted octanol–water partition coefficient (Wildman–Crippen LogP) is 14.2. The second kappa shape index (κ2) is 14.7. The number of ether oxygens (including phenoxy) is 1. The van der Waals surface area contributed by atoms with Gasteiger partial charge in [0.1, 0.15) is 17.3 Å². The maximum absolute atomic E-state index is 9.43. The minimum absolute atomic E-state index is 0.137. The minimum Gasteiger partial charge on any atom is -0.457 e. The number of para-hydroxylation sites is 3. The van der Waals surface area contributed by atoms with Crippen LogP contribution >= 0.6 is 0 Å². The van der Waals surface area contributed by atoms with Gasteiger partial charge in [-0.25, -0.2) is 4.98 Å². The first-order valence-electron chi connectivity index (χ1n) is 26.3. The molecule has 0 aliphatic carbocycles. The standard InChI is InChI=1S/C55H47N5O/c1-54(2,3)39-26-29-57-52(32-39)60-50-34-42(24-25-46(50)47-27-28-56-35-51(47)60)61-43-31-40(55(4,5)6)30-41(33-43)58-36-59(49-23-14-13-22-48(49)58)53-44(37-16-9-7-10-17-37)20-15-21-45(53)38-18-11-8-12-19-38/h7-35H,1-6H3/q+2/i7D,8D,9D,10D,11D,12D,15D,16D,17D,18D,19D,20D,21D. The fourth-order valence-corrected chi connectivity index (χ4v) is 7.66. The normalized spacial score (nSPS) is 15.7. The minimum atomic E-state index is -0.772. The summed E-state index contributed by atoms with van der Waals surface area (Å²) in [5, 5.41) is 1.96.